The number of methoxy groups -OCH3 is 2. The number of halogens is 2. The third kappa shape index (κ3) is 4.66. The van der Waals surface area contributed by atoms with Crippen molar-refractivity contribution in [1.82, 2.24) is 5.32 Å². The Labute approximate surface area is 142 Å². The molecule has 0 unspecified atom stereocenters. The predicted molar refractivity (Wildman–Crippen MR) is 86.9 cm³/mol. The van der Waals surface area contributed by atoms with Gasteiger partial charge in [0.05, 0.1) is 26.5 Å². The highest BCUT2D eigenvalue weighted by atomic mass is 19.2. The lowest BCUT2D eigenvalue weighted by molar-refractivity contribution is -0.115. The summed E-state index contributed by atoms with van der Waals surface area (Å²) >= 11 is 0. The van der Waals surface area contributed by atoms with E-state index in [2.05, 4.69) is 10.6 Å². The van der Waals surface area contributed by atoms with E-state index in [1.807, 2.05) is 0 Å². The molecule has 6 nitrogen and oxygen atoms in total. The van der Waals surface area contributed by atoms with Crippen molar-refractivity contribution >= 4 is 17.5 Å². The smallest absolute Gasteiger partial charge is 0.251 e. The minimum absolute atomic E-state index is 0.0891. The Bertz CT molecular complexity index is 796. The zero-order valence-electron chi connectivity index (χ0n) is 13.6. The average Bonchev–Trinajstić information content (AvgIpc) is 2.62. The van der Waals surface area contributed by atoms with Crippen molar-refractivity contribution in [1.29, 1.82) is 0 Å². The first-order valence-corrected chi connectivity index (χ1v) is 7.19. The summed E-state index contributed by atoms with van der Waals surface area (Å²) in [5.41, 5.74) is 0.309. The van der Waals surface area contributed by atoms with Gasteiger partial charge in [-0.2, -0.15) is 0 Å². The summed E-state index contributed by atoms with van der Waals surface area (Å²) in [7, 11) is 2.94. The molecule has 0 bridgehead atoms. The van der Waals surface area contributed by atoms with Crippen LogP contribution in [0.25, 0.3) is 0 Å². The number of carbonyl (C=O) groups excluding carboxylic acids is 2. The molecule has 0 aliphatic heterocycles. The summed E-state index contributed by atoms with van der Waals surface area (Å²) in [6.45, 7) is -0.354. The maximum absolute atomic E-state index is 13.1. The van der Waals surface area contributed by atoms with Gasteiger partial charge in [-0.25, -0.2) is 8.78 Å². The van der Waals surface area contributed by atoms with Gasteiger partial charge in [-0.3, -0.25) is 9.59 Å². The molecule has 0 heterocycles. The fourth-order valence-electron chi connectivity index (χ4n) is 2.00. The van der Waals surface area contributed by atoms with Crippen molar-refractivity contribution in [2.45, 2.75) is 0 Å². The number of rotatable bonds is 6. The normalized spacial score (nSPS) is 10.1. The molecule has 8 heteroatoms. The van der Waals surface area contributed by atoms with Crippen LogP contribution in [-0.4, -0.2) is 32.6 Å². The van der Waals surface area contributed by atoms with E-state index >= 15 is 0 Å². The first-order valence-electron chi connectivity index (χ1n) is 7.19. The molecule has 0 aromatic heterocycles. The molecule has 0 aliphatic carbocycles. The van der Waals surface area contributed by atoms with Crippen molar-refractivity contribution in [3.05, 3.63) is 53.6 Å². The molecule has 0 saturated carbocycles. The van der Waals surface area contributed by atoms with Gasteiger partial charge >= 0.3 is 0 Å². The lowest BCUT2D eigenvalue weighted by Crippen LogP contribution is -2.33. The summed E-state index contributed by atoms with van der Waals surface area (Å²) in [5.74, 6) is -2.46. The van der Waals surface area contributed by atoms with E-state index in [-0.39, 0.29) is 12.1 Å². The number of anilines is 1. The maximum atomic E-state index is 13.1. The van der Waals surface area contributed by atoms with E-state index in [1.54, 1.807) is 18.2 Å². The minimum Gasteiger partial charge on any atom is -0.497 e. The summed E-state index contributed by atoms with van der Waals surface area (Å²) in [6.07, 6.45) is 0. The van der Waals surface area contributed by atoms with Crippen molar-refractivity contribution < 1.29 is 27.8 Å². The van der Waals surface area contributed by atoms with E-state index in [9.17, 15) is 18.4 Å². The summed E-state index contributed by atoms with van der Waals surface area (Å²) < 4.78 is 36.2. The molecular formula is C17H16F2N2O4. The quantitative estimate of drug-likeness (QED) is 0.838. The van der Waals surface area contributed by atoms with E-state index < -0.39 is 23.4 Å². The van der Waals surface area contributed by atoms with Crippen LogP contribution in [0.3, 0.4) is 0 Å². The lowest BCUT2D eigenvalue weighted by Gasteiger charge is -2.12. The number of nitrogens with one attached hydrogen (secondary N) is 2. The number of hydrogen-bond donors (Lipinski definition) is 2. The SMILES string of the molecule is COc1ccc(NC(=O)CNC(=O)c2ccc(F)c(F)c2)c(OC)c1. The third-order valence-electron chi connectivity index (χ3n) is 3.27. The van der Waals surface area contributed by atoms with Crippen LogP contribution in [-0.2, 0) is 4.79 Å². The molecule has 132 valence electrons. The molecule has 0 radical (unpaired) electrons. The van der Waals surface area contributed by atoms with Gasteiger partial charge in [0.1, 0.15) is 11.5 Å². The fourth-order valence-corrected chi connectivity index (χ4v) is 2.00. The largest absolute Gasteiger partial charge is 0.497 e. The van der Waals surface area contributed by atoms with Crippen molar-refractivity contribution in [2.24, 2.45) is 0 Å². The second-order valence-electron chi connectivity index (χ2n) is 4.93. The zero-order chi connectivity index (χ0) is 18.4. The molecule has 25 heavy (non-hydrogen) atoms. The number of hydrogen-bond acceptors (Lipinski definition) is 4. The Morgan fingerprint density at radius 1 is 1.00 bits per heavy atom. The van der Waals surface area contributed by atoms with Gasteiger partial charge in [0.2, 0.25) is 5.91 Å². The Balaban J connectivity index is 1.96. The van der Waals surface area contributed by atoms with Gasteiger partial charge in [-0.15, -0.1) is 0 Å². The van der Waals surface area contributed by atoms with Crippen molar-refractivity contribution in [3.8, 4) is 11.5 Å². The van der Waals surface area contributed by atoms with Gasteiger partial charge in [-0.1, -0.05) is 0 Å². The zero-order valence-corrected chi connectivity index (χ0v) is 13.6. The second-order valence-corrected chi connectivity index (χ2v) is 4.93. The van der Waals surface area contributed by atoms with Gasteiger partial charge < -0.3 is 20.1 Å². The molecule has 2 aromatic rings. The number of benzene rings is 2. The summed E-state index contributed by atoms with van der Waals surface area (Å²) in [5, 5.41) is 4.89. The highest BCUT2D eigenvalue weighted by molar-refractivity contribution is 5.99. The lowest BCUT2D eigenvalue weighted by atomic mass is 10.2. The van der Waals surface area contributed by atoms with Gasteiger partial charge in [0.15, 0.2) is 11.6 Å². The molecule has 2 aromatic carbocycles. The highest BCUT2D eigenvalue weighted by Crippen LogP contribution is 2.28. The monoisotopic (exact) mass is 350 g/mol. The first-order chi connectivity index (χ1) is 11.9. The van der Waals surface area contributed by atoms with Crippen LogP contribution in [0, 0.1) is 11.6 Å². The first kappa shape index (κ1) is 18.2. The second kappa shape index (κ2) is 8.09. The summed E-state index contributed by atoms with van der Waals surface area (Å²) in [6, 6.07) is 7.54. The number of carbonyl (C=O) groups is 2. The standard InChI is InChI=1S/C17H16F2N2O4/c1-24-11-4-6-14(15(8-11)25-2)21-16(22)9-20-17(23)10-3-5-12(18)13(19)7-10/h3-8H,9H2,1-2H3,(H,20,23)(H,21,22). The molecule has 0 spiro atoms. The topological polar surface area (TPSA) is 76.7 Å². The highest BCUT2D eigenvalue weighted by Gasteiger charge is 2.13. The predicted octanol–water partition coefficient (Wildman–Crippen LogP) is 2.35. The Kier molecular flexibility index (Phi) is 5.89. The van der Waals surface area contributed by atoms with Crippen molar-refractivity contribution in [2.75, 3.05) is 26.1 Å². The minimum atomic E-state index is -1.14. The maximum Gasteiger partial charge on any atom is 0.251 e. The molecule has 0 atom stereocenters. The Morgan fingerprint density at radius 3 is 2.40 bits per heavy atom. The molecule has 0 saturated heterocycles. The molecule has 2 N–H and O–H groups in total. The van der Waals surface area contributed by atoms with E-state index in [1.165, 1.54) is 14.2 Å². The number of ether oxygens (including phenoxy) is 2. The molecule has 2 amide bonds. The van der Waals surface area contributed by atoms with E-state index in [4.69, 9.17) is 9.47 Å². The summed E-state index contributed by atoms with van der Waals surface area (Å²) in [4.78, 5) is 23.8. The van der Waals surface area contributed by atoms with E-state index in [0.717, 1.165) is 18.2 Å². The van der Waals surface area contributed by atoms with Crippen LogP contribution in [0.4, 0.5) is 14.5 Å². The van der Waals surface area contributed by atoms with Gasteiger partial charge in [0.25, 0.3) is 5.91 Å². The van der Waals surface area contributed by atoms with Crippen LogP contribution < -0.4 is 20.1 Å². The molecule has 0 fully saturated rings. The Morgan fingerprint density at radius 2 is 1.76 bits per heavy atom. The van der Waals surface area contributed by atoms with Crippen LogP contribution in [0.5, 0.6) is 11.5 Å². The fraction of sp³-hybridized carbons (Fsp3) is 0.176. The molecule has 2 rings (SSSR count). The third-order valence-corrected chi connectivity index (χ3v) is 3.27. The van der Waals surface area contributed by atoms with Crippen molar-refractivity contribution in [3.63, 3.8) is 0 Å². The van der Waals surface area contributed by atoms with Crippen LogP contribution >= 0.6 is 0 Å². The Hall–Kier alpha value is -3.16. The molecule has 0 aliphatic rings. The van der Waals surface area contributed by atoms with Gasteiger partial charge in [0, 0.05) is 11.6 Å². The average molecular weight is 350 g/mol. The van der Waals surface area contributed by atoms with Crippen LogP contribution in [0.1, 0.15) is 10.4 Å². The van der Waals surface area contributed by atoms with Crippen LogP contribution in [0.2, 0.25) is 0 Å². The van der Waals surface area contributed by atoms with Crippen LogP contribution in [0.15, 0.2) is 36.4 Å². The van der Waals surface area contributed by atoms with Gasteiger partial charge in [-0.05, 0) is 30.3 Å². The van der Waals surface area contributed by atoms with E-state index in [0.29, 0.717) is 17.2 Å². The number of amides is 2. The molecular weight excluding hydrogens is 334 g/mol.